The van der Waals surface area contributed by atoms with Gasteiger partial charge in [-0.1, -0.05) is 272 Å². The Morgan fingerprint density at radius 1 is 0.134 bits per heavy atom. The zero-order chi connectivity index (χ0) is 75.7. The molecule has 21 aliphatic carbocycles. The van der Waals surface area contributed by atoms with Crippen molar-refractivity contribution in [2.24, 2.45) is 0 Å². The highest BCUT2D eigenvalue weighted by atomic mass is 79.9. The van der Waals surface area contributed by atoms with Gasteiger partial charge in [0.1, 0.15) is 0 Å². The second kappa shape index (κ2) is 33.3. The molecule has 0 fully saturated rings. The normalized spacial score (nSPS) is 13.7. The van der Waals surface area contributed by atoms with Crippen LogP contribution in [-0.4, -0.2) is 0 Å². The summed E-state index contributed by atoms with van der Waals surface area (Å²) in [4.78, 5) is 0. The van der Waals surface area contributed by atoms with E-state index in [0.29, 0.717) is 0 Å². The summed E-state index contributed by atoms with van der Waals surface area (Å²) in [5.41, 5.74) is 21.7. The van der Waals surface area contributed by atoms with Crippen LogP contribution in [-0.2, 0) is 10.8 Å². The molecule has 0 N–H and O–H groups in total. The van der Waals surface area contributed by atoms with E-state index in [1.807, 2.05) is 146 Å². The monoisotopic (exact) mass is 1530 g/mol. The van der Waals surface area contributed by atoms with Gasteiger partial charge in [-0.3, -0.25) is 0 Å². The highest BCUT2D eigenvalue weighted by molar-refractivity contribution is 9.10. The molecule has 0 unspecified atom stereocenters. The quantitative estimate of drug-likeness (QED) is 0.151. The first-order valence-corrected chi connectivity index (χ1v) is 37.7. The summed E-state index contributed by atoms with van der Waals surface area (Å²) in [5.74, 6) is 79.2. The molecule has 14 aromatic carbocycles. The number of hydrogen-bond acceptors (Lipinski definition) is 0. The van der Waals surface area contributed by atoms with Crippen molar-refractivity contribution in [1.29, 1.82) is 0 Å². The van der Waals surface area contributed by atoms with Gasteiger partial charge in [0.2, 0.25) is 0 Å². The Morgan fingerprint density at radius 2 is 0.259 bits per heavy atom. The van der Waals surface area contributed by atoms with E-state index in [9.17, 15) is 0 Å². The summed E-state index contributed by atoms with van der Waals surface area (Å²) in [6.45, 7) is 0. The van der Waals surface area contributed by atoms with Gasteiger partial charge in [0.25, 0.3) is 0 Å². The molecule has 35 rings (SSSR count). The average Bonchev–Trinajstić information content (AvgIpc) is 0.737. The van der Waals surface area contributed by atoms with Crippen LogP contribution < -0.4 is 0 Å². The van der Waals surface area contributed by atoms with E-state index in [0.717, 1.165) is 154 Å². The molecule has 26 bridgehead atoms. The van der Waals surface area contributed by atoms with Crippen molar-refractivity contribution in [3.63, 3.8) is 0 Å². The average molecular weight is 1540 g/mol. The smallest absolute Gasteiger partial charge is 0.0617 e. The molecular formula is C110H56Br2. The molecule has 0 saturated carbocycles. The SMILES string of the molecule is Brc1ccc(C23c4ccc(cc4)C#Cc4cccc(c4)C#CC#Cc4cccc(c4)C#Cc4ccc(cc4)C(c4ccc(Br)cc4)(c4ccc(cc4)C#Cc4cccc(c4)C#CC#Cc4cccc(c4)C#Cc4ccc2cc4)c2ccc(cc2)C#Cc2cccc(c2)C#CC#Cc2cccc(c2)C#Cc2ccc3cc2)cc1. The molecule has 0 atom stereocenters. The second-order valence-electron chi connectivity index (χ2n) is 26.5. The van der Waals surface area contributed by atoms with Gasteiger partial charge in [-0.15, -0.1) is 0 Å². The van der Waals surface area contributed by atoms with Gasteiger partial charge < -0.3 is 0 Å². The first kappa shape index (κ1) is 71.0. The van der Waals surface area contributed by atoms with Crippen molar-refractivity contribution >= 4 is 31.9 Å². The molecule has 0 radical (unpaired) electrons. The van der Waals surface area contributed by atoms with Gasteiger partial charge in [-0.2, -0.15) is 0 Å². The molecule has 0 aromatic heterocycles. The fraction of sp³-hybridized carbons (Fsp3) is 0.0182. The number of halogens is 2. The summed E-state index contributed by atoms with van der Waals surface area (Å²) in [5, 5.41) is 0. The van der Waals surface area contributed by atoms with Crippen molar-refractivity contribution in [1.82, 2.24) is 0 Å². The number of hydrogen-bond donors (Lipinski definition) is 0. The van der Waals surface area contributed by atoms with Gasteiger partial charge in [0.05, 0.1) is 10.8 Å². The van der Waals surface area contributed by atoms with E-state index in [1.54, 1.807) is 0 Å². The molecule has 0 nitrogen and oxygen atoms in total. The summed E-state index contributed by atoms with van der Waals surface area (Å²) >= 11 is 7.51. The number of rotatable bonds is 2. The van der Waals surface area contributed by atoms with Crippen LogP contribution in [0.5, 0.6) is 0 Å². The standard InChI is InChI=1S/C110H56Br2/c111-107-71-67-105(68-72-107)109-99-55-43-81(44-56-99)31-37-93-25-7-19-87(75-93)13-1-2-14-88-20-8-26-94(76-88)38-32-82-45-57-100(58-46-82)110(106-69-73-108(112)74-70-106,103-63-51-85(52-64-103)35-41-97-29-11-23-91(79-97)17-5-3-15-89-21-9-27-95(77-89)39-33-83-47-59-101(109)60-48-83)104-65-53-86(54-66-104)36-42-98-30-12-24-92(80-98)18-6-4-16-90-22-10-28-96(78-90)40-34-84-49-61-102(109)62-50-84/h7-12,19-30,43-80H. The van der Waals surface area contributed by atoms with Gasteiger partial charge >= 0.3 is 0 Å². The molecule has 112 heavy (non-hydrogen) atoms. The second-order valence-corrected chi connectivity index (χ2v) is 28.3. The van der Waals surface area contributed by atoms with Crippen LogP contribution in [0.2, 0.25) is 0 Å². The summed E-state index contributed by atoms with van der Waals surface area (Å²) in [6, 6.07) is 116. The molecule has 14 aromatic rings. The largest absolute Gasteiger partial charge is 0.0701 e. The minimum absolute atomic E-state index is 0.807. The van der Waals surface area contributed by atoms with Crippen molar-refractivity contribution in [3.8, 4) is 142 Å². The van der Waals surface area contributed by atoms with Gasteiger partial charge in [0.15, 0.2) is 0 Å². The fourth-order valence-corrected chi connectivity index (χ4v) is 14.3. The van der Waals surface area contributed by atoms with Crippen LogP contribution in [0, 0.1) is 142 Å². The minimum atomic E-state index is -0.821. The first-order chi connectivity index (χ1) is 55.2. The summed E-state index contributed by atoms with van der Waals surface area (Å²) in [7, 11) is 0. The maximum absolute atomic E-state index is 3.75. The van der Waals surface area contributed by atoms with E-state index in [-0.39, 0.29) is 0 Å². The highest BCUT2D eigenvalue weighted by Gasteiger charge is 2.40. The predicted octanol–water partition coefficient (Wildman–Crippen LogP) is 21.2. The van der Waals surface area contributed by atoms with Gasteiger partial charge in [-0.25, -0.2) is 0 Å². The van der Waals surface area contributed by atoms with Crippen LogP contribution in [0.1, 0.15) is 145 Å². The van der Waals surface area contributed by atoms with Crippen LogP contribution >= 0.6 is 31.9 Å². The Morgan fingerprint density at radius 3 is 0.411 bits per heavy atom. The highest BCUT2D eigenvalue weighted by Crippen LogP contribution is 2.48. The minimum Gasteiger partial charge on any atom is -0.0617 e. The topological polar surface area (TPSA) is 0 Å². The molecule has 0 spiro atoms. The lowest BCUT2D eigenvalue weighted by Crippen LogP contribution is -2.31. The Labute approximate surface area is 672 Å². The molecule has 0 saturated heterocycles. The Hall–Kier alpha value is -15.2. The maximum Gasteiger partial charge on any atom is 0.0701 e. The van der Waals surface area contributed by atoms with Crippen molar-refractivity contribution in [2.45, 2.75) is 10.8 Å². The molecular weight excluding hydrogens is 1480 g/mol. The van der Waals surface area contributed by atoms with E-state index in [1.165, 1.54) is 0 Å². The summed E-state index contributed by atoms with van der Waals surface area (Å²) in [6.07, 6.45) is 0. The summed E-state index contributed by atoms with van der Waals surface area (Å²) < 4.78 is 1.94. The maximum atomic E-state index is 3.75. The Bertz CT molecular complexity index is 5860. The van der Waals surface area contributed by atoms with Gasteiger partial charge in [0, 0.05) is 109 Å². The van der Waals surface area contributed by atoms with Crippen molar-refractivity contribution < 1.29 is 0 Å². The zero-order valence-electron chi connectivity index (χ0n) is 60.1. The molecule has 2 heteroatoms. The Balaban J connectivity index is 0.850. The van der Waals surface area contributed by atoms with Crippen LogP contribution in [0.3, 0.4) is 0 Å². The van der Waals surface area contributed by atoms with Crippen molar-refractivity contribution in [3.05, 3.63) is 493 Å². The first-order valence-electron chi connectivity index (χ1n) is 36.1. The third-order valence-corrected chi connectivity index (χ3v) is 20.2. The number of benzene rings is 14. The lowest BCUT2D eigenvalue weighted by molar-refractivity contribution is 0.744. The predicted molar refractivity (Wildman–Crippen MR) is 461 cm³/mol. The molecule has 510 valence electrons. The third kappa shape index (κ3) is 16.6. The molecule has 0 amide bonds. The van der Waals surface area contributed by atoms with Crippen LogP contribution in [0.25, 0.3) is 0 Å². The van der Waals surface area contributed by atoms with E-state index < -0.39 is 10.8 Å². The molecule has 0 heterocycles. The zero-order valence-corrected chi connectivity index (χ0v) is 63.3. The fourth-order valence-electron chi connectivity index (χ4n) is 13.8. The lowest BCUT2D eigenvalue weighted by Gasteiger charge is -2.37. The van der Waals surface area contributed by atoms with E-state index >= 15 is 0 Å². The molecule has 21 aliphatic rings. The van der Waals surface area contributed by atoms with Crippen LogP contribution in [0.4, 0.5) is 0 Å². The van der Waals surface area contributed by atoms with Crippen LogP contribution in [0.15, 0.2) is 349 Å². The van der Waals surface area contributed by atoms with Crippen molar-refractivity contribution in [2.75, 3.05) is 0 Å². The Kier molecular flexibility index (Phi) is 21.1. The molecule has 0 aliphatic heterocycles. The lowest BCUT2D eigenvalue weighted by atomic mass is 9.65. The third-order valence-electron chi connectivity index (χ3n) is 19.2. The van der Waals surface area contributed by atoms with E-state index in [2.05, 4.69) is 368 Å². The van der Waals surface area contributed by atoms with Gasteiger partial charge in [-0.05, 0) is 286 Å². The van der Waals surface area contributed by atoms with E-state index in [4.69, 9.17) is 0 Å².